The third-order valence-electron chi connectivity index (χ3n) is 4.41. The number of halogens is 2. The number of alkyl halides is 2. The molecule has 0 aromatic carbocycles. The van der Waals surface area contributed by atoms with E-state index >= 15 is 0 Å². The largest absolute Gasteiger partial charge is 0.376 e. The molecule has 106 valence electrons. The average molecular weight is 395 g/mol. The van der Waals surface area contributed by atoms with Gasteiger partial charge in [0.15, 0.2) is 0 Å². The summed E-state index contributed by atoms with van der Waals surface area (Å²) in [6.45, 7) is 1.20. The van der Waals surface area contributed by atoms with Gasteiger partial charge in [0.05, 0.1) is 24.5 Å². The fraction of sp³-hybridized carbons (Fsp3) is 0.846. The highest BCUT2D eigenvalue weighted by Gasteiger charge is 2.52. The number of rotatable bonds is 2. The maximum atomic E-state index is 12.4. The quantitative estimate of drug-likeness (QED) is 0.532. The number of hydrogen-bond acceptors (Lipinski definition) is 3. The molecule has 3 fully saturated rings. The average Bonchev–Trinajstić information content (AvgIpc) is 2.96. The summed E-state index contributed by atoms with van der Waals surface area (Å²) in [7, 11) is 0. The Kier molecular flexibility index (Phi) is 4.02. The van der Waals surface area contributed by atoms with Crippen LogP contribution in [-0.2, 0) is 14.3 Å². The predicted octanol–water partition coefficient (Wildman–Crippen LogP) is 2.09. The van der Waals surface area contributed by atoms with Gasteiger partial charge >= 0.3 is 0 Å². The van der Waals surface area contributed by atoms with Crippen molar-refractivity contribution in [2.45, 2.75) is 41.4 Å². The summed E-state index contributed by atoms with van der Waals surface area (Å²) in [5.74, 6) is -0.247. The second-order valence-electron chi connectivity index (χ2n) is 5.64. The van der Waals surface area contributed by atoms with Gasteiger partial charge < -0.3 is 4.74 Å². The van der Waals surface area contributed by atoms with Crippen molar-refractivity contribution in [3.63, 3.8) is 0 Å². The lowest BCUT2D eigenvalue weighted by atomic mass is 9.81. The lowest BCUT2D eigenvalue weighted by Crippen LogP contribution is -2.37. The number of ether oxygens (including phenoxy) is 1. The minimum atomic E-state index is -0.132. The zero-order valence-electron chi connectivity index (χ0n) is 10.6. The second kappa shape index (κ2) is 5.45. The number of fused-ring (bicyclic) bond motifs is 1. The maximum Gasteiger partial charge on any atom is 0.233 e. The molecule has 3 rings (SSSR count). The molecule has 5 unspecified atom stereocenters. The third kappa shape index (κ3) is 2.51. The third-order valence-corrected chi connectivity index (χ3v) is 7.15. The van der Waals surface area contributed by atoms with E-state index in [0.29, 0.717) is 6.54 Å². The van der Waals surface area contributed by atoms with E-state index in [1.807, 2.05) is 0 Å². The van der Waals surface area contributed by atoms with Crippen LogP contribution in [0.25, 0.3) is 0 Å². The van der Waals surface area contributed by atoms with Crippen molar-refractivity contribution < 1.29 is 14.3 Å². The van der Waals surface area contributed by atoms with Crippen molar-refractivity contribution in [2.24, 2.45) is 11.8 Å². The van der Waals surface area contributed by atoms with Crippen LogP contribution in [0.3, 0.4) is 0 Å². The molecule has 1 saturated carbocycles. The Labute approximate surface area is 129 Å². The van der Waals surface area contributed by atoms with Crippen molar-refractivity contribution in [3.8, 4) is 0 Å². The SMILES string of the molecule is O=C1C2CC(Br)C(Br)CC2C(=O)N1CC1CCCO1. The van der Waals surface area contributed by atoms with Crippen molar-refractivity contribution in [1.82, 2.24) is 4.90 Å². The number of nitrogens with zero attached hydrogens (tertiary/aromatic N) is 1. The lowest BCUT2D eigenvalue weighted by Gasteiger charge is -2.29. The molecular formula is C13H17Br2NO3. The monoisotopic (exact) mass is 393 g/mol. The van der Waals surface area contributed by atoms with Gasteiger partial charge in [0.1, 0.15) is 0 Å². The molecule has 2 heterocycles. The number of carbonyl (C=O) groups excluding carboxylic acids is 2. The first-order valence-electron chi connectivity index (χ1n) is 6.83. The molecule has 2 saturated heterocycles. The van der Waals surface area contributed by atoms with Crippen LogP contribution in [0.2, 0.25) is 0 Å². The molecule has 0 aromatic heterocycles. The number of hydrogen-bond donors (Lipinski definition) is 0. The van der Waals surface area contributed by atoms with Crippen LogP contribution >= 0.6 is 31.9 Å². The highest BCUT2D eigenvalue weighted by molar-refractivity contribution is 9.12. The zero-order valence-corrected chi connectivity index (χ0v) is 13.7. The summed E-state index contributed by atoms with van der Waals surface area (Å²) >= 11 is 7.18. The molecule has 6 heteroatoms. The van der Waals surface area contributed by atoms with Crippen LogP contribution in [0.5, 0.6) is 0 Å². The van der Waals surface area contributed by atoms with Gasteiger partial charge in [-0.05, 0) is 25.7 Å². The molecule has 19 heavy (non-hydrogen) atoms. The van der Waals surface area contributed by atoms with Gasteiger partial charge in [-0.3, -0.25) is 14.5 Å². The number of amides is 2. The van der Waals surface area contributed by atoms with Gasteiger partial charge in [0.25, 0.3) is 0 Å². The Morgan fingerprint density at radius 3 is 2.16 bits per heavy atom. The van der Waals surface area contributed by atoms with Gasteiger partial charge in [-0.1, -0.05) is 31.9 Å². The Balaban J connectivity index is 1.73. The van der Waals surface area contributed by atoms with Crippen molar-refractivity contribution in [3.05, 3.63) is 0 Å². The van der Waals surface area contributed by atoms with E-state index in [1.54, 1.807) is 0 Å². The van der Waals surface area contributed by atoms with Gasteiger partial charge in [0, 0.05) is 16.3 Å². The van der Waals surface area contributed by atoms with Gasteiger partial charge in [0.2, 0.25) is 11.8 Å². The normalized spacial score (nSPS) is 42.8. The number of carbonyl (C=O) groups is 2. The molecule has 2 amide bonds. The van der Waals surface area contributed by atoms with Crippen LogP contribution in [-0.4, -0.2) is 45.6 Å². The van der Waals surface area contributed by atoms with Crippen molar-refractivity contribution in [1.29, 1.82) is 0 Å². The van der Waals surface area contributed by atoms with Gasteiger partial charge in [-0.15, -0.1) is 0 Å². The Bertz CT molecular complexity index is 369. The minimum absolute atomic E-state index is 0.00866. The zero-order chi connectivity index (χ0) is 13.6. The Hall–Kier alpha value is 0.0600. The summed E-state index contributed by atoms with van der Waals surface area (Å²) in [6, 6.07) is 0. The molecule has 5 atom stereocenters. The second-order valence-corrected chi connectivity index (χ2v) is 7.99. The first kappa shape index (κ1) is 14.0. The summed E-state index contributed by atoms with van der Waals surface area (Å²) in [5, 5.41) is 0. The predicted molar refractivity (Wildman–Crippen MR) is 77.3 cm³/mol. The topological polar surface area (TPSA) is 46.6 Å². The fourth-order valence-electron chi connectivity index (χ4n) is 3.34. The Morgan fingerprint density at radius 1 is 1.11 bits per heavy atom. The van der Waals surface area contributed by atoms with E-state index in [0.717, 1.165) is 32.3 Å². The van der Waals surface area contributed by atoms with Gasteiger partial charge in [-0.2, -0.15) is 0 Å². The maximum absolute atomic E-state index is 12.4. The summed E-state index contributed by atoms with van der Waals surface area (Å²) in [6.07, 6.45) is 3.52. The number of imide groups is 1. The van der Waals surface area contributed by atoms with E-state index in [-0.39, 0.29) is 39.4 Å². The molecule has 1 aliphatic carbocycles. The molecule has 0 spiro atoms. The summed E-state index contributed by atoms with van der Waals surface area (Å²) < 4.78 is 5.54. The molecule has 4 nitrogen and oxygen atoms in total. The van der Waals surface area contributed by atoms with Crippen LogP contribution in [0, 0.1) is 11.8 Å². The standard InChI is InChI=1S/C13H17Br2NO3/c14-10-4-8-9(5-11(10)15)13(18)16(12(8)17)6-7-2-1-3-19-7/h7-11H,1-6H2. The summed E-state index contributed by atoms with van der Waals surface area (Å²) in [5.41, 5.74) is 0. The Morgan fingerprint density at radius 2 is 1.68 bits per heavy atom. The number of likely N-dealkylation sites (tertiary alicyclic amines) is 1. The first-order chi connectivity index (χ1) is 9.08. The van der Waals surface area contributed by atoms with Gasteiger partial charge in [-0.25, -0.2) is 0 Å². The molecule has 0 aromatic rings. The smallest absolute Gasteiger partial charge is 0.233 e. The molecule has 0 bridgehead atoms. The molecule has 3 aliphatic rings. The van der Waals surface area contributed by atoms with Crippen LogP contribution < -0.4 is 0 Å². The van der Waals surface area contributed by atoms with Crippen molar-refractivity contribution in [2.75, 3.05) is 13.2 Å². The fourth-order valence-corrected chi connectivity index (χ4v) is 4.57. The van der Waals surface area contributed by atoms with E-state index in [1.165, 1.54) is 4.90 Å². The molecule has 0 N–H and O–H groups in total. The highest BCUT2D eigenvalue weighted by atomic mass is 79.9. The minimum Gasteiger partial charge on any atom is -0.376 e. The van der Waals surface area contributed by atoms with E-state index in [2.05, 4.69) is 31.9 Å². The lowest BCUT2D eigenvalue weighted by molar-refractivity contribution is -0.141. The first-order valence-corrected chi connectivity index (χ1v) is 8.66. The summed E-state index contributed by atoms with van der Waals surface area (Å²) in [4.78, 5) is 26.8. The molecular weight excluding hydrogens is 378 g/mol. The van der Waals surface area contributed by atoms with Crippen LogP contribution in [0.1, 0.15) is 25.7 Å². The van der Waals surface area contributed by atoms with E-state index in [9.17, 15) is 9.59 Å². The highest BCUT2D eigenvalue weighted by Crippen LogP contribution is 2.43. The van der Waals surface area contributed by atoms with Crippen molar-refractivity contribution >= 4 is 43.7 Å². The van der Waals surface area contributed by atoms with Crippen LogP contribution in [0.4, 0.5) is 0 Å². The van der Waals surface area contributed by atoms with E-state index in [4.69, 9.17) is 4.74 Å². The molecule has 0 radical (unpaired) electrons. The molecule has 2 aliphatic heterocycles. The van der Waals surface area contributed by atoms with E-state index < -0.39 is 0 Å². The van der Waals surface area contributed by atoms with Crippen LogP contribution in [0.15, 0.2) is 0 Å².